The molecule has 1 aromatic heterocycles. The van der Waals surface area contributed by atoms with Crippen molar-refractivity contribution < 1.29 is 9.18 Å². The summed E-state index contributed by atoms with van der Waals surface area (Å²) in [7, 11) is 0. The van der Waals surface area contributed by atoms with Gasteiger partial charge in [0.25, 0.3) is 0 Å². The highest BCUT2D eigenvalue weighted by molar-refractivity contribution is 6.31. The zero-order valence-corrected chi connectivity index (χ0v) is 19.8. The van der Waals surface area contributed by atoms with Crippen LogP contribution in [0.25, 0.3) is 22.3 Å². The molecule has 0 aliphatic carbocycles. The van der Waals surface area contributed by atoms with Gasteiger partial charge in [-0.3, -0.25) is 4.79 Å². The molecule has 7 heteroatoms. The Morgan fingerprint density at radius 2 is 1.84 bits per heavy atom. The van der Waals surface area contributed by atoms with E-state index in [1.165, 1.54) is 12.1 Å². The van der Waals surface area contributed by atoms with Crippen LogP contribution in [0.5, 0.6) is 0 Å². The third kappa shape index (κ3) is 6.16. The predicted octanol–water partition coefficient (Wildman–Crippen LogP) is 5.86. The lowest BCUT2D eigenvalue weighted by molar-refractivity contribution is -0.121. The van der Waals surface area contributed by atoms with Gasteiger partial charge in [-0.15, -0.1) is 0 Å². The minimum absolute atomic E-state index is 0.0215. The second-order valence-electron chi connectivity index (χ2n) is 8.51. The van der Waals surface area contributed by atoms with Crippen LogP contribution in [0.15, 0.2) is 42.5 Å². The molecule has 0 saturated heterocycles. The van der Waals surface area contributed by atoms with Gasteiger partial charge in [-0.25, -0.2) is 14.4 Å². The van der Waals surface area contributed by atoms with E-state index in [2.05, 4.69) is 29.0 Å². The largest absolute Gasteiger partial charge is 0.355 e. The monoisotopic (exact) mass is 456 g/mol. The summed E-state index contributed by atoms with van der Waals surface area (Å²) in [6.07, 6.45) is 1.25. The third-order valence-corrected chi connectivity index (χ3v) is 5.49. The van der Waals surface area contributed by atoms with E-state index in [-0.39, 0.29) is 17.8 Å². The number of carbonyl (C=O) groups excluding carboxylic acids is 1. The first-order valence-electron chi connectivity index (χ1n) is 11.0. The van der Waals surface area contributed by atoms with Gasteiger partial charge in [-0.1, -0.05) is 32.4 Å². The number of carbonyl (C=O) groups is 1. The maximum atomic E-state index is 13.4. The number of fused-ring (bicyclic) bond motifs is 1. The van der Waals surface area contributed by atoms with Crippen LogP contribution in [0, 0.1) is 11.7 Å². The van der Waals surface area contributed by atoms with Gasteiger partial charge in [0.2, 0.25) is 5.91 Å². The van der Waals surface area contributed by atoms with E-state index >= 15 is 0 Å². The highest BCUT2D eigenvalue weighted by Gasteiger charge is 2.18. The molecule has 0 unspecified atom stereocenters. The number of anilines is 1. The Labute approximate surface area is 194 Å². The maximum absolute atomic E-state index is 13.4. The number of nitrogens with zero attached hydrogens (tertiary/aromatic N) is 3. The number of hydrogen-bond acceptors (Lipinski definition) is 4. The Kier molecular flexibility index (Phi) is 8.02. The summed E-state index contributed by atoms with van der Waals surface area (Å²) in [5, 5.41) is 4.47. The van der Waals surface area contributed by atoms with E-state index in [1.807, 2.05) is 26.0 Å². The van der Waals surface area contributed by atoms with Crippen molar-refractivity contribution in [2.75, 3.05) is 18.0 Å². The van der Waals surface area contributed by atoms with Gasteiger partial charge in [0.15, 0.2) is 5.82 Å². The molecular formula is C25H30ClFN4O. The van der Waals surface area contributed by atoms with Crippen molar-refractivity contribution in [1.29, 1.82) is 0 Å². The van der Waals surface area contributed by atoms with Crippen LogP contribution in [0.2, 0.25) is 5.02 Å². The Morgan fingerprint density at radius 3 is 2.50 bits per heavy atom. The summed E-state index contributed by atoms with van der Waals surface area (Å²) in [6, 6.07) is 11.8. The van der Waals surface area contributed by atoms with Gasteiger partial charge < -0.3 is 10.2 Å². The van der Waals surface area contributed by atoms with Gasteiger partial charge in [0.05, 0.1) is 5.52 Å². The normalized spacial score (nSPS) is 12.2. The van der Waals surface area contributed by atoms with Crippen LogP contribution in [-0.2, 0) is 4.79 Å². The molecule has 1 heterocycles. The summed E-state index contributed by atoms with van der Waals surface area (Å²) in [6.45, 7) is 9.57. The number of hydrogen-bond donors (Lipinski definition) is 1. The van der Waals surface area contributed by atoms with Crippen molar-refractivity contribution in [1.82, 2.24) is 15.3 Å². The molecule has 2 aromatic carbocycles. The highest BCUT2D eigenvalue weighted by atomic mass is 35.5. The van der Waals surface area contributed by atoms with Gasteiger partial charge in [-0.05, 0) is 61.7 Å². The fourth-order valence-electron chi connectivity index (χ4n) is 3.47. The number of benzene rings is 2. The average Bonchev–Trinajstić information content (AvgIpc) is 2.75. The molecule has 0 saturated carbocycles. The van der Waals surface area contributed by atoms with E-state index in [9.17, 15) is 9.18 Å². The average molecular weight is 457 g/mol. The first kappa shape index (κ1) is 23.9. The van der Waals surface area contributed by atoms with Crippen molar-refractivity contribution in [2.45, 2.75) is 46.6 Å². The molecule has 0 fully saturated rings. The number of aromatic nitrogens is 2. The Bertz CT molecular complexity index is 1070. The molecule has 0 spiro atoms. The van der Waals surface area contributed by atoms with Gasteiger partial charge >= 0.3 is 0 Å². The Hall–Kier alpha value is -2.73. The fourth-order valence-corrected chi connectivity index (χ4v) is 3.63. The van der Waals surface area contributed by atoms with Crippen molar-refractivity contribution in [3.05, 3.63) is 53.3 Å². The summed E-state index contributed by atoms with van der Waals surface area (Å²) < 4.78 is 13.4. The molecular weight excluding hydrogens is 427 g/mol. The second kappa shape index (κ2) is 10.7. The van der Waals surface area contributed by atoms with Gasteiger partial charge in [0, 0.05) is 41.5 Å². The van der Waals surface area contributed by atoms with E-state index in [4.69, 9.17) is 16.6 Å². The molecule has 0 aliphatic heterocycles. The molecule has 32 heavy (non-hydrogen) atoms. The lowest BCUT2D eigenvalue weighted by Crippen LogP contribution is -2.36. The van der Waals surface area contributed by atoms with Crippen molar-refractivity contribution in [3.8, 4) is 11.4 Å². The molecule has 170 valence electrons. The van der Waals surface area contributed by atoms with Crippen LogP contribution in [0.4, 0.5) is 10.2 Å². The lowest BCUT2D eigenvalue weighted by atomic mass is 10.1. The predicted molar refractivity (Wildman–Crippen MR) is 130 cm³/mol. The van der Waals surface area contributed by atoms with Crippen LogP contribution in [-0.4, -0.2) is 35.0 Å². The standard InChI is InChI=1S/C25H30ClFN4O/c1-5-17(4)28-23(32)12-13-31(15-16(2)3)25-21-11-8-19(26)14-22(21)29-24(30-25)18-6-9-20(27)10-7-18/h6-11,14,16-17H,5,12-13,15H2,1-4H3,(H,28,32)/t17-/m0/s1. The summed E-state index contributed by atoms with van der Waals surface area (Å²) >= 11 is 6.24. The number of nitrogens with one attached hydrogen (secondary N) is 1. The SMILES string of the molecule is CC[C@H](C)NC(=O)CCN(CC(C)C)c1nc(-c2ccc(F)cc2)nc2cc(Cl)ccc12. The minimum Gasteiger partial charge on any atom is -0.355 e. The smallest absolute Gasteiger partial charge is 0.221 e. The quantitative estimate of drug-likeness (QED) is 0.438. The molecule has 1 amide bonds. The highest BCUT2D eigenvalue weighted by Crippen LogP contribution is 2.30. The molecule has 3 rings (SSSR count). The summed E-state index contributed by atoms with van der Waals surface area (Å²) in [4.78, 5) is 24.1. The molecule has 1 N–H and O–H groups in total. The van der Waals surface area contributed by atoms with E-state index in [0.29, 0.717) is 40.8 Å². The third-order valence-electron chi connectivity index (χ3n) is 5.25. The van der Waals surface area contributed by atoms with Gasteiger partial charge in [0.1, 0.15) is 11.6 Å². The number of rotatable bonds is 9. The maximum Gasteiger partial charge on any atom is 0.221 e. The van der Waals surface area contributed by atoms with Crippen molar-refractivity contribution >= 4 is 34.2 Å². The summed E-state index contributed by atoms with van der Waals surface area (Å²) in [5.74, 6) is 1.31. The Morgan fingerprint density at radius 1 is 1.12 bits per heavy atom. The topological polar surface area (TPSA) is 58.1 Å². The zero-order chi connectivity index (χ0) is 23.3. The molecule has 0 radical (unpaired) electrons. The van der Waals surface area contributed by atoms with Crippen LogP contribution >= 0.6 is 11.6 Å². The van der Waals surface area contributed by atoms with Crippen LogP contribution in [0.3, 0.4) is 0 Å². The second-order valence-corrected chi connectivity index (χ2v) is 8.94. The molecule has 3 aromatic rings. The van der Waals surface area contributed by atoms with E-state index in [0.717, 1.165) is 24.2 Å². The number of amides is 1. The lowest BCUT2D eigenvalue weighted by Gasteiger charge is -2.27. The molecule has 0 bridgehead atoms. The first-order valence-corrected chi connectivity index (χ1v) is 11.4. The summed E-state index contributed by atoms with van der Waals surface area (Å²) in [5.41, 5.74) is 1.42. The van der Waals surface area contributed by atoms with E-state index < -0.39 is 0 Å². The van der Waals surface area contributed by atoms with E-state index in [1.54, 1.807) is 18.2 Å². The van der Waals surface area contributed by atoms with Gasteiger partial charge in [-0.2, -0.15) is 0 Å². The first-order chi connectivity index (χ1) is 15.3. The van der Waals surface area contributed by atoms with Crippen LogP contribution in [0.1, 0.15) is 40.5 Å². The molecule has 5 nitrogen and oxygen atoms in total. The molecule has 1 atom stereocenters. The van der Waals surface area contributed by atoms with Crippen LogP contribution < -0.4 is 10.2 Å². The fraction of sp³-hybridized carbons (Fsp3) is 0.400. The van der Waals surface area contributed by atoms with Crippen molar-refractivity contribution in [2.24, 2.45) is 5.92 Å². The zero-order valence-electron chi connectivity index (χ0n) is 19.0. The van der Waals surface area contributed by atoms with Crippen molar-refractivity contribution in [3.63, 3.8) is 0 Å². The Balaban J connectivity index is 2.02. The molecule has 0 aliphatic rings. The number of halogens is 2. The minimum atomic E-state index is -0.313.